The molecule has 0 fully saturated rings. The van der Waals surface area contributed by atoms with Gasteiger partial charge in [0.2, 0.25) is 0 Å². The number of aromatic nitrogens is 6. The smallest absolute Gasteiger partial charge is 0.255 e. The van der Waals surface area contributed by atoms with Gasteiger partial charge >= 0.3 is 0 Å². The van der Waals surface area contributed by atoms with Crippen LogP contribution in [0.4, 0.5) is 5.69 Å². The van der Waals surface area contributed by atoms with Crippen molar-refractivity contribution in [3.63, 3.8) is 0 Å². The van der Waals surface area contributed by atoms with Crippen molar-refractivity contribution >= 4 is 33.7 Å². The number of hydrogen-bond acceptors (Lipinski definition) is 5. The van der Waals surface area contributed by atoms with Crippen LogP contribution in [0.3, 0.4) is 0 Å². The third kappa shape index (κ3) is 3.49. The molecule has 1 amide bonds. The van der Waals surface area contributed by atoms with E-state index in [-0.39, 0.29) is 5.91 Å². The minimum absolute atomic E-state index is 0.190. The van der Waals surface area contributed by atoms with Gasteiger partial charge in [0.1, 0.15) is 5.69 Å². The first kappa shape index (κ1) is 18.9. The fourth-order valence-corrected chi connectivity index (χ4v) is 3.77. The molecule has 4 heterocycles. The summed E-state index contributed by atoms with van der Waals surface area (Å²) in [6, 6.07) is 20.8. The molecule has 0 saturated heterocycles. The van der Waals surface area contributed by atoms with Crippen molar-refractivity contribution in [1.82, 2.24) is 30.1 Å². The van der Waals surface area contributed by atoms with E-state index in [4.69, 9.17) is 0 Å². The van der Waals surface area contributed by atoms with E-state index in [0.717, 1.165) is 33.2 Å². The van der Waals surface area contributed by atoms with E-state index >= 15 is 0 Å². The average Bonchev–Trinajstić information content (AvgIpc) is 3.48. The molecule has 6 aromatic rings. The number of para-hydroxylation sites is 2. The maximum atomic E-state index is 12.5. The number of imidazole rings is 1. The Hall–Kier alpha value is -4.85. The Balaban J connectivity index is 1.36. The predicted molar refractivity (Wildman–Crippen MR) is 127 cm³/mol. The van der Waals surface area contributed by atoms with Gasteiger partial charge in [0, 0.05) is 29.1 Å². The molecule has 0 saturated carbocycles. The summed E-state index contributed by atoms with van der Waals surface area (Å²) < 4.78 is 0. The average molecular weight is 431 g/mol. The Bertz CT molecular complexity index is 1590. The maximum absolute atomic E-state index is 12.5. The van der Waals surface area contributed by atoms with E-state index in [2.05, 4.69) is 35.5 Å². The minimum atomic E-state index is -0.190. The standard InChI is InChI=1S/C25H17N7O/c33-25(15-6-2-1-3-7-15)28-18-10-16(12-26-14-18)17-11-19-22(31-32-23(19)27-13-17)24-29-20-8-4-5-9-21(20)30-24/h1-14H,(H,28,33)(H,29,30)(H,27,31,32). The summed E-state index contributed by atoms with van der Waals surface area (Å²) in [5.41, 5.74) is 6.05. The van der Waals surface area contributed by atoms with E-state index in [0.29, 0.717) is 22.7 Å². The van der Waals surface area contributed by atoms with Crippen LogP contribution in [0.5, 0.6) is 0 Å². The molecular weight excluding hydrogens is 414 g/mol. The lowest BCUT2D eigenvalue weighted by atomic mass is 10.1. The van der Waals surface area contributed by atoms with Gasteiger partial charge in [0.05, 0.1) is 28.3 Å². The van der Waals surface area contributed by atoms with Crippen molar-refractivity contribution in [2.75, 3.05) is 5.32 Å². The second kappa shape index (κ2) is 7.69. The number of amides is 1. The Morgan fingerprint density at radius 3 is 2.58 bits per heavy atom. The lowest BCUT2D eigenvalue weighted by Crippen LogP contribution is -2.11. The molecule has 8 heteroatoms. The zero-order chi connectivity index (χ0) is 22.2. The summed E-state index contributed by atoms with van der Waals surface area (Å²) >= 11 is 0. The number of aromatic amines is 2. The number of anilines is 1. The number of hydrogen-bond donors (Lipinski definition) is 3. The maximum Gasteiger partial charge on any atom is 0.255 e. The van der Waals surface area contributed by atoms with Crippen LogP contribution in [-0.4, -0.2) is 36.0 Å². The number of nitrogens with one attached hydrogen (secondary N) is 3. The van der Waals surface area contributed by atoms with Gasteiger partial charge in [-0.3, -0.25) is 14.9 Å². The van der Waals surface area contributed by atoms with Gasteiger partial charge in [-0.15, -0.1) is 0 Å². The summed E-state index contributed by atoms with van der Waals surface area (Å²) in [5.74, 6) is 0.504. The molecule has 0 radical (unpaired) electrons. The topological polar surface area (TPSA) is 112 Å². The first-order valence-corrected chi connectivity index (χ1v) is 10.4. The van der Waals surface area contributed by atoms with Crippen LogP contribution in [0, 0.1) is 0 Å². The molecule has 8 nitrogen and oxygen atoms in total. The van der Waals surface area contributed by atoms with Crippen LogP contribution in [0.25, 0.3) is 44.7 Å². The minimum Gasteiger partial charge on any atom is -0.337 e. The summed E-state index contributed by atoms with van der Waals surface area (Å²) in [5, 5.41) is 11.1. The van der Waals surface area contributed by atoms with E-state index in [1.54, 1.807) is 30.7 Å². The lowest BCUT2D eigenvalue weighted by Gasteiger charge is -2.07. The Labute approximate surface area is 187 Å². The third-order valence-corrected chi connectivity index (χ3v) is 5.40. The molecule has 6 rings (SSSR count). The van der Waals surface area contributed by atoms with Crippen molar-refractivity contribution in [2.45, 2.75) is 0 Å². The van der Waals surface area contributed by atoms with Crippen molar-refractivity contribution in [3.05, 3.63) is 90.9 Å². The van der Waals surface area contributed by atoms with Gasteiger partial charge in [0.25, 0.3) is 5.91 Å². The monoisotopic (exact) mass is 431 g/mol. The van der Waals surface area contributed by atoms with Gasteiger partial charge in [-0.05, 0) is 36.4 Å². The van der Waals surface area contributed by atoms with Crippen LogP contribution < -0.4 is 5.32 Å². The zero-order valence-corrected chi connectivity index (χ0v) is 17.3. The second-order valence-corrected chi connectivity index (χ2v) is 7.58. The van der Waals surface area contributed by atoms with Crippen LogP contribution in [0.2, 0.25) is 0 Å². The number of benzene rings is 2. The Kier molecular flexibility index (Phi) is 4.40. The molecule has 2 aromatic carbocycles. The number of carbonyl (C=O) groups excluding carboxylic acids is 1. The Morgan fingerprint density at radius 2 is 1.70 bits per heavy atom. The molecule has 0 unspecified atom stereocenters. The number of carbonyl (C=O) groups is 1. The van der Waals surface area contributed by atoms with Crippen LogP contribution in [0.15, 0.2) is 85.3 Å². The van der Waals surface area contributed by atoms with Crippen molar-refractivity contribution in [1.29, 1.82) is 0 Å². The fourth-order valence-electron chi connectivity index (χ4n) is 3.77. The first-order chi connectivity index (χ1) is 16.2. The highest BCUT2D eigenvalue weighted by Gasteiger charge is 2.14. The van der Waals surface area contributed by atoms with Crippen LogP contribution >= 0.6 is 0 Å². The molecule has 33 heavy (non-hydrogen) atoms. The number of rotatable bonds is 4. The highest BCUT2D eigenvalue weighted by Crippen LogP contribution is 2.29. The van der Waals surface area contributed by atoms with E-state index in [1.165, 1.54) is 0 Å². The number of H-pyrrole nitrogens is 2. The SMILES string of the molecule is O=C(Nc1cncc(-c2cnc3n[nH]c(-c4nc5ccccc5[nH]4)c3c2)c1)c1ccccc1. The quantitative estimate of drug-likeness (QED) is 0.371. The molecule has 0 aliphatic rings. The van der Waals surface area contributed by atoms with Crippen molar-refractivity contribution < 1.29 is 4.79 Å². The molecule has 0 spiro atoms. The van der Waals surface area contributed by atoms with Gasteiger partial charge < -0.3 is 10.3 Å². The predicted octanol–water partition coefficient (Wildman–Crippen LogP) is 4.82. The number of nitrogens with zero attached hydrogens (tertiary/aromatic N) is 4. The van der Waals surface area contributed by atoms with Gasteiger partial charge in [0.15, 0.2) is 11.5 Å². The van der Waals surface area contributed by atoms with E-state index < -0.39 is 0 Å². The fraction of sp³-hybridized carbons (Fsp3) is 0. The molecule has 4 aromatic heterocycles. The first-order valence-electron chi connectivity index (χ1n) is 10.4. The van der Waals surface area contributed by atoms with Gasteiger partial charge in [-0.2, -0.15) is 5.10 Å². The summed E-state index contributed by atoms with van der Waals surface area (Å²) in [7, 11) is 0. The summed E-state index contributed by atoms with van der Waals surface area (Å²) in [6.07, 6.45) is 5.10. The molecule has 0 atom stereocenters. The molecule has 0 aliphatic heterocycles. The summed E-state index contributed by atoms with van der Waals surface area (Å²) in [6.45, 7) is 0. The molecule has 158 valence electrons. The number of pyridine rings is 2. The van der Waals surface area contributed by atoms with E-state index in [9.17, 15) is 4.79 Å². The zero-order valence-electron chi connectivity index (χ0n) is 17.3. The van der Waals surface area contributed by atoms with Gasteiger partial charge in [-0.25, -0.2) is 9.97 Å². The van der Waals surface area contributed by atoms with Gasteiger partial charge in [-0.1, -0.05) is 30.3 Å². The second-order valence-electron chi connectivity index (χ2n) is 7.58. The summed E-state index contributed by atoms with van der Waals surface area (Å²) in [4.78, 5) is 29.3. The molecule has 3 N–H and O–H groups in total. The normalized spacial score (nSPS) is 11.2. The molecule has 0 bridgehead atoms. The van der Waals surface area contributed by atoms with Crippen molar-refractivity contribution in [3.8, 4) is 22.6 Å². The van der Waals surface area contributed by atoms with Crippen LogP contribution in [-0.2, 0) is 0 Å². The van der Waals surface area contributed by atoms with Crippen molar-refractivity contribution in [2.24, 2.45) is 0 Å². The largest absolute Gasteiger partial charge is 0.337 e. The third-order valence-electron chi connectivity index (χ3n) is 5.40. The Morgan fingerprint density at radius 1 is 0.879 bits per heavy atom. The number of fused-ring (bicyclic) bond motifs is 2. The van der Waals surface area contributed by atoms with E-state index in [1.807, 2.05) is 54.6 Å². The highest BCUT2D eigenvalue weighted by atomic mass is 16.1. The molecular formula is C25H17N7O. The van der Waals surface area contributed by atoms with Crippen LogP contribution in [0.1, 0.15) is 10.4 Å². The lowest BCUT2D eigenvalue weighted by molar-refractivity contribution is 0.102. The highest BCUT2D eigenvalue weighted by molar-refractivity contribution is 6.04. The molecule has 0 aliphatic carbocycles.